The SMILES string of the molecule is CC(=O)Nc1cccc(/C(C)=N\NC(=O)c2ccc(CN3CCN(Cc4ccccc4)CC3)cc2)c1. The van der Waals surface area contributed by atoms with E-state index in [2.05, 4.69) is 56.0 Å². The van der Waals surface area contributed by atoms with E-state index in [0.29, 0.717) is 17.0 Å². The Hall–Kier alpha value is -3.81. The molecule has 1 aliphatic rings. The topological polar surface area (TPSA) is 77.0 Å². The molecule has 0 unspecified atom stereocenters. The van der Waals surface area contributed by atoms with E-state index in [4.69, 9.17) is 0 Å². The van der Waals surface area contributed by atoms with E-state index in [1.54, 1.807) is 0 Å². The van der Waals surface area contributed by atoms with Crippen molar-refractivity contribution in [2.45, 2.75) is 26.9 Å². The molecular formula is C29H33N5O2. The van der Waals surface area contributed by atoms with E-state index in [1.807, 2.05) is 55.5 Å². The number of anilines is 1. The predicted molar refractivity (Wildman–Crippen MR) is 144 cm³/mol. The zero-order valence-electron chi connectivity index (χ0n) is 20.9. The van der Waals surface area contributed by atoms with E-state index in [0.717, 1.165) is 44.8 Å². The van der Waals surface area contributed by atoms with Crippen LogP contribution in [0.15, 0.2) is 84.0 Å². The number of hydrogen-bond donors (Lipinski definition) is 2. The quantitative estimate of drug-likeness (QED) is 0.373. The van der Waals surface area contributed by atoms with Crippen molar-refractivity contribution in [2.75, 3.05) is 31.5 Å². The van der Waals surface area contributed by atoms with E-state index in [1.165, 1.54) is 18.1 Å². The van der Waals surface area contributed by atoms with Gasteiger partial charge in [-0.3, -0.25) is 19.4 Å². The summed E-state index contributed by atoms with van der Waals surface area (Å²) < 4.78 is 0. The summed E-state index contributed by atoms with van der Waals surface area (Å²) in [6.07, 6.45) is 0. The number of benzene rings is 3. The Bertz CT molecular complexity index is 1200. The van der Waals surface area contributed by atoms with Gasteiger partial charge in [0.2, 0.25) is 5.91 Å². The zero-order valence-corrected chi connectivity index (χ0v) is 20.9. The largest absolute Gasteiger partial charge is 0.326 e. The molecule has 7 nitrogen and oxygen atoms in total. The Morgan fingerprint density at radius 3 is 1.97 bits per heavy atom. The minimum atomic E-state index is -0.256. The lowest BCUT2D eigenvalue weighted by Gasteiger charge is -2.34. The van der Waals surface area contributed by atoms with Crippen LogP contribution in [0.25, 0.3) is 0 Å². The molecule has 36 heavy (non-hydrogen) atoms. The molecule has 4 rings (SSSR count). The van der Waals surface area contributed by atoms with Crippen LogP contribution in [0.2, 0.25) is 0 Å². The molecule has 0 spiro atoms. The summed E-state index contributed by atoms with van der Waals surface area (Å²) in [6, 6.07) is 25.7. The minimum Gasteiger partial charge on any atom is -0.326 e. The van der Waals surface area contributed by atoms with Crippen molar-refractivity contribution in [1.29, 1.82) is 0 Å². The smallest absolute Gasteiger partial charge is 0.271 e. The van der Waals surface area contributed by atoms with E-state index in [-0.39, 0.29) is 11.8 Å². The highest BCUT2D eigenvalue weighted by atomic mass is 16.2. The molecule has 186 valence electrons. The summed E-state index contributed by atoms with van der Waals surface area (Å²) in [4.78, 5) is 28.8. The molecule has 1 heterocycles. The van der Waals surface area contributed by atoms with Crippen LogP contribution in [0.3, 0.4) is 0 Å². The van der Waals surface area contributed by atoms with Crippen molar-refractivity contribution in [1.82, 2.24) is 15.2 Å². The van der Waals surface area contributed by atoms with Gasteiger partial charge in [0.1, 0.15) is 0 Å². The summed E-state index contributed by atoms with van der Waals surface area (Å²) >= 11 is 0. The first kappa shape index (κ1) is 25.3. The average Bonchev–Trinajstić information content (AvgIpc) is 2.89. The standard InChI is InChI=1S/C29H33N5O2/c1-22(27-9-6-10-28(19-27)30-23(2)35)31-32-29(36)26-13-11-25(12-14-26)21-34-17-15-33(16-18-34)20-24-7-4-3-5-8-24/h3-14,19H,15-18,20-21H2,1-2H3,(H,30,35)(H,32,36)/b31-22-. The third-order valence-corrected chi connectivity index (χ3v) is 6.26. The van der Waals surface area contributed by atoms with Crippen LogP contribution in [0.1, 0.15) is 40.9 Å². The lowest BCUT2D eigenvalue weighted by Crippen LogP contribution is -2.45. The third kappa shape index (κ3) is 7.34. The molecule has 2 N–H and O–H groups in total. The normalized spacial score (nSPS) is 14.9. The van der Waals surface area contributed by atoms with Crippen LogP contribution in [-0.4, -0.2) is 53.5 Å². The lowest BCUT2D eigenvalue weighted by molar-refractivity contribution is -0.114. The molecule has 0 radical (unpaired) electrons. The third-order valence-electron chi connectivity index (χ3n) is 6.26. The van der Waals surface area contributed by atoms with Gasteiger partial charge in [0.15, 0.2) is 0 Å². The van der Waals surface area contributed by atoms with Crippen molar-refractivity contribution in [3.63, 3.8) is 0 Å². The molecule has 1 saturated heterocycles. The molecule has 0 aliphatic carbocycles. The van der Waals surface area contributed by atoms with Crippen molar-refractivity contribution < 1.29 is 9.59 Å². The molecule has 1 aliphatic heterocycles. The lowest BCUT2D eigenvalue weighted by atomic mass is 10.1. The van der Waals surface area contributed by atoms with Gasteiger partial charge in [-0.1, -0.05) is 54.6 Å². The first-order valence-corrected chi connectivity index (χ1v) is 12.3. The number of hydrazone groups is 1. The second-order valence-electron chi connectivity index (χ2n) is 9.13. The molecule has 0 aromatic heterocycles. The van der Waals surface area contributed by atoms with Crippen LogP contribution in [0, 0.1) is 0 Å². The Morgan fingerprint density at radius 1 is 0.750 bits per heavy atom. The van der Waals surface area contributed by atoms with Crippen LogP contribution in [-0.2, 0) is 17.9 Å². The van der Waals surface area contributed by atoms with E-state index >= 15 is 0 Å². The van der Waals surface area contributed by atoms with Crippen molar-refractivity contribution in [2.24, 2.45) is 5.10 Å². The van der Waals surface area contributed by atoms with Gasteiger partial charge in [-0.15, -0.1) is 0 Å². The monoisotopic (exact) mass is 483 g/mol. The maximum atomic E-state index is 12.6. The fourth-order valence-electron chi connectivity index (χ4n) is 4.26. The minimum absolute atomic E-state index is 0.135. The number of amides is 2. The van der Waals surface area contributed by atoms with Gasteiger partial charge in [0, 0.05) is 57.4 Å². The van der Waals surface area contributed by atoms with Gasteiger partial charge < -0.3 is 5.32 Å². The van der Waals surface area contributed by atoms with E-state index in [9.17, 15) is 9.59 Å². The molecule has 0 bridgehead atoms. The number of rotatable bonds is 8. The summed E-state index contributed by atoms with van der Waals surface area (Å²) in [5, 5.41) is 6.99. The molecule has 3 aromatic rings. The molecular weight excluding hydrogens is 450 g/mol. The number of carbonyl (C=O) groups excluding carboxylic acids is 2. The molecule has 0 atom stereocenters. The second-order valence-corrected chi connectivity index (χ2v) is 9.13. The number of hydrogen-bond acceptors (Lipinski definition) is 5. The Kier molecular flexibility index (Phi) is 8.60. The van der Waals surface area contributed by atoms with E-state index < -0.39 is 0 Å². The molecule has 7 heteroatoms. The summed E-state index contributed by atoms with van der Waals surface area (Å²) in [6.45, 7) is 9.34. The first-order chi connectivity index (χ1) is 17.5. The van der Waals surface area contributed by atoms with Crippen LogP contribution < -0.4 is 10.7 Å². The highest BCUT2D eigenvalue weighted by Crippen LogP contribution is 2.14. The summed E-state index contributed by atoms with van der Waals surface area (Å²) in [7, 11) is 0. The predicted octanol–water partition coefficient (Wildman–Crippen LogP) is 4.12. The highest BCUT2D eigenvalue weighted by molar-refractivity contribution is 6.02. The number of piperazine rings is 1. The van der Waals surface area contributed by atoms with Gasteiger partial charge in [0.25, 0.3) is 5.91 Å². The summed E-state index contributed by atoms with van der Waals surface area (Å²) in [5.74, 6) is -0.391. The van der Waals surface area contributed by atoms with Crippen LogP contribution in [0.4, 0.5) is 5.69 Å². The van der Waals surface area contributed by atoms with Crippen molar-refractivity contribution in [3.8, 4) is 0 Å². The number of nitrogens with one attached hydrogen (secondary N) is 2. The highest BCUT2D eigenvalue weighted by Gasteiger charge is 2.17. The number of nitrogens with zero attached hydrogens (tertiary/aromatic N) is 3. The van der Waals surface area contributed by atoms with Crippen LogP contribution in [0.5, 0.6) is 0 Å². The molecule has 0 saturated carbocycles. The average molecular weight is 484 g/mol. The Balaban J connectivity index is 1.26. The van der Waals surface area contributed by atoms with Gasteiger partial charge in [-0.05, 0) is 47.9 Å². The second kappa shape index (κ2) is 12.2. The van der Waals surface area contributed by atoms with Crippen molar-refractivity contribution >= 4 is 23.2 Å². The molecule has 3 aromatic carbocycles. The fourth-order valence-corrected chi connectivity index (χ4v) is 4.26. The van der Waals surface area contributed by atoms with Gasteiger partial charge in [-0.25, -0.2) is 5.43 Å². The molecule has 2 amide bonds. The van der Waals surface area contributed by atoms with Gasteiger partial charge in [-0.2, -0.15) is 5.10 Å². The molecule has 1 fully saturated rings. The number of carbonyl (C=O) groups is 2. The van der Waals surface area contributed by atoms with Gasteiger partial charge in [0.05, 0.1) is 5.71 Å². The van der Waals surface area contributed by atoms with Crippen molar-refractivity contribution in [3.05, 3.63) is 101 Å². The Labute approximate surface area is 212 Å². The Morgan fingerprint density at radius 2 is 1.36 bits per heavy atom. The fraction of sp³-hybridized carbons (Fsp3) is 0.276. The summed E-state index contributed by atoms with van der Waals surface area (Å²) in [5.41, 5.74) is 7.91. The first-order valence-electron chi connectivity index (χ1n) is 12.3. The maximum absolute atomic E-state index is 12.6. The van der Waals surface area contributed by atoms with Crippen LogP contribution >= 0.6 is 0 Å². The zero-order chi connectivity index (χ0) is 25.3. The maximum Gasteiger partial charge on any atom is 0.271 e. The van der Waals surface area contributed by atoms with Gasteiger partial charge >= 0.3 is 0 Å².